The quantitative estimate of drug-likeness (QED) is 0.492. The van der Waals surface area contributed by atoms with Crippen LogP contribution < -0.4 is 10.2 Å². The van der Waals surface area contributed by atoms with Gasteiger partial charge in [-0.2, -0.15) is 13.2 Å². The molecule has 8 nitrogen and oxygen atoms in total. The number of carbonyl (C=O) groups is 3. The van der Waals surface area contributed by atoms with E-state index in [9.17, 15) is 27.9 Å². The van der Waals surface area contributed by atoms with Crippen molar-refractivity contribution in [2.75, 3.05) is 36.4 Å². The lowest BCUT2D eigenvalue weighted by Gasteiger charge is -2.41. The molecule has 2 heterocycles. The highest BCUT2D eigenvalue weighted by molar-refractivity contribution is 6.08. The molecule has 1 amide bonds. The third-order valence-corrected chi connectivity index (χ3v) is 6.74. The summed E-state index contributed by atoms with van der Waals surface area (Å²) in [5.41, 5.74) is 2.85. The first-order valence-corrected chi connectivity index (χ1v) is 12.5. The summed E-state index contributed by atoms with van der Waals surface area (Å²) in [7, 11) is 0. The summed E-state index contributed by atoms with van der Waals surface area (Å²) < 4.78 is 31.7. The zero-order chi connectivity index (χ0) is 27.9. The van der Waals surface area contributed by atoms with Crippen molar-refractivity contribution in [3.63, 3.8) is 0 Å². The molecule has 0 spiro atoms. The van der Waals surface area contributed by atoms with Gasteiger partial charge in [-0.05, 0) is 76.0 Å². The van der Waals surface area contributed by atoms with Gasteiger partial charge in [0.2, 0.25) is 0 Å². The van der Waals surface area contributed by atoms with Crippen LogP contribution in [0.1, 0.15) is 58.4 Å². The summed E-state index contributed by atoms with van der Waals surface area (Å²) in [6.45, 7) is 6.19. The molecule has 0 aromatic heterocycles. The number of piperidine rings is 2. The number of carboxylic acids is 2. The molecule has 206 valence electrons. The van der Waals surface area contributed by atoms with Crippen LogP contribution in [0.3, 0.4) is 0 Å². The van der Waals surface area contributed by atoms with Crippen molar-refractivity contribution in [3.8, 4) is 0 Å². The normalized spacial score (nSPS) is 16.8. The van der Waals surface area contributed by atoms with Gasteiger partial charge < -0.3 is 25.3 Å². The van der Waals surface area contributed by atoms with E-state index >= 15 is 0 Å². The van der Waals surface area contributed by atoms with Gasteiger partial charge in [-0.3, -0.25) is 4.79 Å². The number of aryl methyl sites for hydroxylation is 1. The number of carbonyl (C=O) groups excluding carboxylic acids is 1. The van der Waals surface area contributed by atoms with Gasteiger partial charge in [0.05, 0.1) is 11.3 Å². The number of benzene rings is 2. The van der Waals surface area contributed by atoms with Crippen LogP contribution in [-0.2, 0) is 4.79 Å². The number of likely N-dealkylation sites (tertiary alicyclic amines) is 1. The number of rotatable bonds is 5. The number of alkyl halides is 3. The lowest BCUT2D eigenvalue weighted by atomic mass is 9.99. The average Bonchev–Trinajstić information content (AvgIpc) is 2.89. The molecular formula is C27H32F3N3O5. The lowest BCUT2D eigenvalue weighted by molar-refractivity contribution is -0.192. The zero-order valence-electron chi connectivity index (χ0n) is 21.1. The van der Waals surface area contributed by atoms with Crippen LogP contribution in [-0.4, -0.2) is 71.4 Å². The highest BCUT2D eigenvalue weighted by Gasteiger charge is 2.38. The average molecular weight is 536 g/mol. The van der Waals surface area contributed by atoms with Crippen molar-refractivity contribution in [2.24, 2.45) is 0 Å². The van der Waals surface area contributed by atoms with Crippen molar-refractivity contribution in [3.05, 3.63) is 59.2 Å². The molecule has 2 aliphatic rings. The number of amides is 1. The summed E-state index contributed by atoms with van der Waals surface area (Å²) in [6, 6.07) is 13.2. The van der Waals surface area contributed by atoms with E-state index in [0.717, 1.165) is 37.2 Å². The van der Waals surface area contributed by atoms with Gasteiger partial charge in [0.1, 0.15) is 0 Å². The maximum Gasteiger partial charge on any atom is 0.490 e. The van der Waals surface area contributed by atoms with E-state index in [0.29, 0.717) is 17.3 Å². The third kappa shape index (κ3) is 7.95. The fraction of sp³-hybridized carbons (Fsp3) is 0.444. The van der Waals surface area contributed by atoms with Gasteiger partial charge >= 0.3 is 18.1 Å². The highest BCUT2D eigenvalue weighted by atomic mass is 19.4. The molecule has 38 heavy (non-hydrogen) atoms. The van der Waals surface area contributed by atoms with Gasteiger partial charge in [-0.1, -0.05) is 24.1 Å². The van der Waals surface area contributed by atoms with E-state index in [1.54, 1.807) is 24.3 Å². The number of nitrogens with one attached hydrogen (secondary N) is 1. The Balaban J connectivity index is 0.000000505. The largest absolute Gasteiger partial charge is 0.490 e. The number of hydrogen-bond acceptors (Lipinski definition) is 5. The first-order valence-electron chi connectivity index (χ1n) is 12.5. The molecule has 0 bridgehead atoms. The molecular weight excluding hydrogens is 503 g/mol. The van der Waals surface area contributed by atoms with Crippen molar-refractivity contribution < 1.29 is 37.8 Å². The predicted molar refractivity (Wildman–Crippen MR) is 137 cm³/mol. The zero-order valence-corrected chi connectivity index (χ0v) is 21.1. The topological polar surface area (TPSA) is 110 Å². The highest BCUT2D eigenvalue weighted by Crippen LogP contribution is 2.28. The third-order valence-electron chi connectivity index (χ3n) is 6.74. The molecule has 0 aliphatic carbocycles. The maximum absolute atomic E-state index is 12.6. The van der Waals surface area contributed by atoms with Gasteiger partial charge in [-0.15, -0.1) is 0 Å². The first kappa shape index (κ1) is 29.0. The Morgan fingerprint density at radius 1 is 0.921 bits per heavy atom. The molecule has 2 aliphatic heterocycles. The van der Waals surface area contributed by atoms with Crippen LogP contribution in [0.5, 0.6) is 0 Å². The molecule has 11 heteroatoms. The molecule has 3 N–H and O–H groups in total. The minimum Gasteiger partial charge on any atom is -0.478 e. The Labute approximate surface area is 219 Å². The lowest BCUT2D eigenvalue weighted by Crippen LogP contribution is -2.46. The van der Waals surface area contributed by atoms with E-state index in [-0.39, 0.29) is 11.5 Å². The van der Waals surface area contributed by atoms with E-state index < -0.39 is 18.1 Å². The van der Waals surface area contributed by atoms with Crippen molar-refractivity contribution in [1.29, 1.82) is 0 Å². The molecule has 0 saturated carbocycles. The Kier molecular flexibility index (Phi) is 9.73. The van der Waals surface area contributed by atoms with Crippen LogP contribution in [0.4, 0.5) is 24.5 Å². The molecule has 0 unspecified atom stereocenters. The molecule has 4 rings (SSSR count). The van der Waals surface area contributed by atoms with Crippen molar-refractivity contribution in [1.82, 2.24) is 4.90 Å². The Hall–Kier alpha value is -3.60. The Morgan fingerprint density at radius 3 is 2.11 bits per heavy atom. The Bertz CT molecular complexity index is 1140. The van der Waals surface area contributed by atoms with Gasteiger partial charge in [0.15, 0.2) is 0 Å². The summed E-state index contributed by atoms with van der Waals surface area (Å²) >= 11 is 0. The number of aliphatic carboxylic acids is 1. The molecule has 0 radical (unpaired) electrons. The summed E-state index contributed by atoms with van der Waals surface area (Å²) in [4.78, 5) is 38.3. The minimum atomic E-state index is -5.08. The van der Waals surface area contributed by atoms with Crippen molar-refractivity contribution in [2.45, 2.75) is 51.2 Å². The Morgan fingerprint density at radius 2 is 1.55 bits per heavy atom. The van der Waals surface area contributed by atoms with Gasteiger partial charge in [-0.25, -0.2) is 9.59 Å². The maximum atomic E-state index is 12.6. The van der Waals surface area contributed by atoms with E-state index in [2.05, 4.69) is 15.1 Å². The molecule has 2 aromatic rings. The second-order valence-corrected chi connectivity index (χ2v) is 9.48. The second-order valence-electron chi connectivity index (χ2n) is 9.48. The molecule has 2 saturated heterocycles. The van der Waals surface area contributed by atoms with Crippen LogP contribution in [0.2, 0.25) is 0 Å². The van der Waals surface area contributed by atoms with E-state index in [4.69, 9.17) is 9.90 Å². The first-order chi connectivity index (χ1) is 18.0. The van der Waals surface area contributed by atoms with E-state index in [1.165, 1.54) is 32.4 Å². The van der Waals surface area contributed by atoms with E-state index in [1.807, 2.05) is 25.1 Å². The smallest absolute Gasteiger partial charge is 0.478 e. The van der Waals surface area contributed by atoms with Crippen LogP contribution in [0.25, 0.3) is 0 Å². The number of aromatic carboxylic acids is 1. The number of carboxylic acid groups (broad SMARTS) is 2. The number of nitrogens with zero attached hydrogens (tertiary/aromatic N) is 2. The number of anilines is 2. The van der Waals surface area contributed by atoms with Gasteiger partial charge in [0.25, 0.3) is 5.91 Å². The van der Waals surface area contributed by atoms with Crippen LogP contribution in [0.15, 0.2) is 42.5 Å². The number of halogens is 3. The fourth-order valence-corrected chi connectivity index (χ4v) is 4.77. The molecule has 2 fully saturated rings. The molecule has 0 atom stereocenters. The summed E-state index contributed by atoms with van der Waals surface area (Å²) in [6.07, 6.45) is 1.08. The summed E-state index contributed by atoms with van der Waals surface area (Å²) in [5.74, 6) is -4.10. The van der Waals surface area contributed by atoms with Gasteiger partial charge in [0, 0.05) is 30.4 Å². The monoisotopic (exact) mass is 535 g/mol. The standard InChI is InChI=1S/C25H31N3O3.C2HF3O2/c1-18-6-5-7-19(16-18)24(29)26-23-9-8-21(17-22(23)25(30)31)28-14-10-20(11-15-28)27-12-3-2-4-13-27;3-2(4,5)1(6)7/h5-9,16-17,20H,2-4,10-15H2,1H3,(H,26,29)(H,30,31);(H,6,7). The SMILES string of the molecule is Cc1cccc(C(=O)Nc2ccc(N3CCC(N4CCCCC4)CC3)cc2C(=O)O)c1.O=C(O)C(F)(F)F. The predicted octanol–water partition coefficient (Wildman–Crippen LogP) is 5.03. The van der Waals surface area contributed by atoms with Crippen LogP contribution in [0, 0.1) is 6.92 Å². The number of hydrogen-bond donors (Lipinski definition) is 3. The minimum absolute atomic E-state index is 0.122. The summed E-state index contributed by atoms with van der Waals surface area (Å²) in [5, 5.41) is 19.6. The molecule has 2 aromatic carbocycles. The fourth-order valence-electron chi connectivity index (χ4n) is 4.77. The second kappa shape index (κ2) is 12.8. The van der Waals surface area contributed by atoms with Crippen molar-refractivity contribution >= 4 is 29.2 Å². The van der Waals surface area contributed by atoms with Crippen LogP contribution >= 0.6 is 0 Å².